The van der Waals surface area contributed by atoms with Gasteiger partial charge in [0.05, 0.1) is 29.2 Å². The maximum absolute atomic E-state index is 12.0. The topological polar surface area (TPSA) is 52.6 Å². The van der Waals surface area contributed by atoms with Gasteiger partial charge in [-0.25, -0.2) is 8.42 Å². The van der Waals surface area contributed by atoms with Gasteiger partial charge in [-0.3, -0.25) is 0 Å². The van der Waals surface area contributed by atoms with Gasteiger partial charge in [0.15, 0.2) is 15.6 Å². The second-order valence-corrected chi connectivity index (χ2v) is 6.91. The predicted octanol–water partition coefficient (Wildman–Crippen LogP) is 1.67. The van der Waals surface area contributed by atoms with E-state index in [0.29, 0.717) is 29.4 Å². The summed E-state index contributed by atoms with van der Waals surface area (Å²) in [5, 5.41) is 0. The first-order chi connectivity index (χ1) is 8.57. The molecule has 3 rings (SSSR count). The number of ether oxygens (including phenoxy) is 2. The van der Waals surface area contributed by atoms with Crippen LogP contribution in [0.15, 0.2) is 29.2 Å². The average Bonchev–Trinajstić information content (AvgIpc) is 2.80. The Balaban J connectivity index is 2.11. The third kappa shape index (κ3) is 1.77. The lowest BCUT2D eigenvalue weighted by atomic mass is 10.0. The van der Waals surface area contributed by atoms with E-state index in [1.54, 1.807) is 24.3 Å². The van der Waals surface area contributed by atoms with Gasteiger partial charge >= 0.3 is 0 Å². The Morgan fingerprint density at radius 2 is 2.17 bits per heavy atom. The van der Waals surface area contributed by atoms with Crippen molar-refractivity contribution in [3.05, 3.63) is 29.8 Å². The van der Waals surface area contributed by atoms with Gasteiger partial charge in [0.1, 0.15) is 0 Å². The van der Waals surface area contributed by atoms with Crippen LogP contribution in [-0.4, -0.2) is 32.8 Å². The summed E-state index contributed by atoms with van der Waals surface area (Å²) >= 11 is 5.77. The smallest absolute Gasteiger partial charge is 0.197 e. The normalized spacial score (nSPS) is 33.5. The van der Waals surface area contributed by atoms with Crippen molar-refractivity contribution in [2.24, 2.45) is 0 Å². The van der Waals surface area contributed by atoms with E-state index in [1.165, 1.54) is 0 Å². The molecule has 18 heavy (non-hydrogen) atoms. The fourth-order valence-electron chi connectivity index (χ4n) is 2.48. The molecule has 0 aliphatic carbocycles. The quantitative estimate of drug-likeness (QED) is 0.738. The zero-order valence-electron chi connectivity index (χ0n) is 9.63. The molecule has 2 heterocycles. The van der Waals surface area contributed by atoms with Crippen LogP contribution in [0.4, 0.5) is 0 Å². The van der Waals surface area contributed by atoms with Crippen LogP contribution in [0.1, 0.15) is 12.0 Å². The van der Waals surface area contributed by atoms with Crippen LogP contribution < -0.4 is 0 Å². The van der Waals surface area contributed by atoms with E-state index in [2.05, 4.69) is 0 Å². The fourth-order valence-corrected chi connectivity index (χ4v) is 4.23. The molecule has 1 saturated heterocycles. The third-order valence-electron chi connectivity index (χ3n) is 3.36. The third-order valence-corrected chi connectivity index (χ3v) is 5.48. The van der Waals surface area contributed by atoms with Gasteiger partial charge in [0.25, 0.3) is 0 Å². The number of hydrogen-bond acceptors (Lipinski definition) is 4. The molecule has 0 aromatic heterocycles. The van der Waals surface area contributed by atoms with Gasteiger partial charge < -0.3 is 9.47 Å². The molecule has 1 fully saturated rings. The van der Waals surface area contributed by atoms with Gasteiger partial charge in [-0.2, -0.15) is 0 Å². The van der Waals surface area contributed by atoms with Gasteiger partial charge in [-0.15, -0.1) is 11.6 Å². The molecule has 2 unspecified atom stereocenters. The Morgan fingerprint density at radius 3 is 2.89 bits per heavy atom. The van der Waals surface area contributed by atoms with E-state index in [-0.39, 0.29) is 11.9 Å². The largest absolute Gasteiger partial charge is 0.343 e. The lowest BCUT2D eigenvalue weighted by molar-refractivity contribution is -0.179. The van der Waals surface area contributed by atoms with Crippen molar-refractivity contribution in [1.82, 2.24) is 0 Å². The Morgan fingerprint density at radius 1 is 1.39 bits per heavy atom. The van der Waals surface area contributed by atoms with Crippen LogP contribution in [-0.2, 0) is 25.1 Å². The van der Waals surface area contributed by atoms with Crippen molar-refractivity contribution in [2.45, 2.75) is 23.2 Å². The zero-order valence-corrected chi connectivity index (χ0v) is 11.2. The maximum Gasteiger partial charge on any atom is 0.197 e. The zero-order chi connectivity index (χ0) is 12.8. The Bertz CT molecular complexity index is 571. The predicted molar refractivity (Wildman–Crippen MR) is 66.3 cm³/mol. The van der Waals surface area contributed by atoms with Crippen molar-refractivity contribution in [2.75, 3.05) is 18.2 Å². The van der Waals surface area contributed by atoms with Crippen LogP contribution in [0.2, 0.25) is 0 Å². The minimum atomic E-state index is -3.22. The first-order valence-corrected chi connectivity index (χ1v) is 7.96. The highest BCUT2D eigenvalue weighted by Crippen LogP contribution is 2.44. The molecule has 1 aromatic rings. The maximum atomic E-state index is 12.0. The van der Waals surface area contributed by atoms with Crippen LogP contribution in [0.3, 0.4) is 0 Å². The number of halogens is 1. The molecule has 2 aliphatic rings. The first-order valence-electron chi connectivity index (χ1n) is 5.77. The van der Waals surface area contributed by atoms with E-state index in [0.717, 1.165) is 0 Å². The second kappa shape index (κ2) is 4.20. The number of fused-ring (bicyclic) bond motifs is 2. The van der Waals surface area contributed by atoms with Crippen molar-refractivity contribution in [3.63, 3.8) is 0 Å². The molecule has 98 valence electrons. The van der Waals surface area contributed by atoms with Crippen LogP contribution >= 0.6 is 11.6 Å². The number of alkyl halides is 1. The molecular weight excluding hydrogens is 276 g/mol. The Kier molecular flexibility index (Phi) is 2.90. The summed E-state index contributed by atoms with van der Waals surface area (Å²) < 4.78 is 35.6. The molecule has 0 N–H and O–H groups in total. The van der Waals surface area contributed by atoms with Crippen molar-refractivity contribution in [3.8, 4) is 0 Å². The number of benzene rings is 1. The van der Waals surface area contributed by atoms with Crippen molar-refractivity contribution in [1.29, 1.82) is 0 Å². The molecule has 1 aromatic carbocycles. The molecule has 1 spiro atoms. The second-order valence-electron chi connectivity index (χ2n) is 4.52. The Hall–Kier alpha value is -0.620. The molecule has 2 atom stereocenters. The Labute approximate surface area is 111 Å². The van der Waals surface area contributed by atoms with Crippen LogP contribution in [0.25, 0.3) is 0 Å². The molecule has 0 bridgehead atoms. The van der Waals surface area contributed by atoms with Gasteiger partial charge in [0, 0.05) is 12.0 Å². The number of sulfone groups is 1. The summed E-state index contributed by atoms with van der Waals surface area (Å²) in [5.74, 6) is -0.544. The van der Waals surface area contributed by atoms with Crippen molar-refractivity contribution >= 4 is 21.4 Å². The first kappa shape index (κ1) is 12.4. The number of rotatable bonds is 1. The summed E-state index contributed by atoms with van der Waals surface area (Å²) in [6.45, 7) is 0.401. The van der Waals surface area contributed by atoms with Gasteiger partial charge in [-0.1, -0.05) is 18.2 Å². The van der Waals surface area contributed by atoms with E-state index in [9.17, 15) is 8.42 Å². The summed E-state index contributed by atoms with van der Waals surface area (Å²) in [7, 11) is -3.22. The SMILES string of the molecule is O=S1(=O)CCC2(OCC(CCl)O2)c2ccccc21. The lowest BCUT2D eigenvalue weighted by Crippen LogP contribution is -2.37. The molecule has 4 nitrogen and oxygen atoms in total. The molecule has 2 aliphatic heterocycles. The molecular formula is C12H13ClO4S. The summed E-state index contributed by atoms with van der Waals surface area (Å²) in [6, 6.07) is 6.86. The monoisotopic (exact) mass is 288 g/mol. The molecule has 0 saturated carbocycles. The highest BCUT2D eigenvalue weighted by molar-refractivity contribution is 7.91. The fraction of sp³-hybridized carbons (Fsp3) is 0.500. The standard InChI is InChI=1S/C12H13ClO4S/c13-7-9-8-16-12(17-9)5-6-18(14,15)11-4-2-1-3-10(11)12/h1-4,9H,5-8H2. The van der Waals surface area contributed by atoms with Gasteiger partial charge in [0.2, 0.25) is 0 Å². The molecule has 6 heteroatoms. The summed E-state index contributed by atoms with van der Waals surface area (Å²) in [5.41, 5.74) is 0.601. The van der Waals surface area contributed by atoms with E-state index >= 15 is 0 Å². The van der Waals surface area contributed by atoms with E-state index in [1.807, 2.05) is 0 Å². The van der Waals surface area contributed by atoms with Crippen LogP contribution in [0.5, 0.6) is 0 Å². The highest BCUT2D eigenvalue weighted by Gasteiger charge is 2.49. The lowest BCUT2D eigenvalue weighted by Gasteiger charge is -2.33. The summed E-state index contributed by atoms with van der Waals surface area (Å²) in [6.07, 6.45) is 0.139. The molecule has 0 radical (unpaired) electrons. The van der Waals surface area contributed by atoms with Gasteiger partial charge in [-0.05, 0) is 6.07 Å². The average molecular weight is 289 g/mol. The highest BCUT2D eigenvalue weighted by atomic mass is 35.5. The molecule has 0 amide bonds. The van der Waals surface area contributed by atoms with E-state index < -0.39 is 15.6 Å². The minimum absolute atomic E-state index is 0.0407. The number of hydrogen-bond donors (Lipinski definition) is 0. The minimum Gasteiger partial charge on any atom is -0.343 e. The van der Waals surface area contributed by atoms with E-state index in [4.69, 9.17) is 21.1 Å². The summed E-state index contributed by atoms with van der Waals surface area (Å²) in [4.78, 5) is 0.312. The van der Waals surface area contributed by atoms with Crippen molar-refractivity contribution < 1.29 is 17.9 Å². The van der Waals surface area contributed by atoms with Crippen LogP contribution in [0, 0.1) is 0 Å².